The molecular formula is C21H18ClN5O2. The van der Waals surface area contributed by atoms with Crippen molar-refractivity contribution in [3.05, 3.63) is 74.5 Å². The van der Waals surface area contributed by atoms with E-state index in [0.29, 0.717) is 11.1 Å². The zero-order valence-corrected chi connectivity index (χ0v) is 16.5. The van der Waals surface area contributed by atoms with Gasteiger partial charge in [-0.1, -0.05) is 55.8 Å². The average Bonchev–Trinajstić information content (AvgIpc) is 2.71. The largest absolute Gasteiger partial charge is 0.506 e. The zero-order valence-electron chi connectivity index (χ0n) is 15.8. The number of benzene rings is 2. The number of anilines is 1. The second-order valence-corrected chi connectivity index (χ2v) is 6.99. The van der Waals surface area contributed by atoms with Crippen molar-refractivity contribution in [1.82, 2.24) is 9.97 Å². The molecule has 1 heterocycles. The summed E-state index contributed by atoms with van der Waals surface area (Å²) in [6.07, 6.45) is 1.38. The summed E-state index contributed by atoms with van der Waals surface area (Å²) >= 11 is 6.08. The van der Waals surface area contributed by atoms with Gasteiger partial charge < -0.3 is 5.11 Å². The van der Waals surface area contributed by atoms with E-state index in [1.54, 1.807) is 36.4 Å². The maximum Gasteiger partial charge on any atom is 0.270 e. The van der Waals surface area contributed by atoms with Crippen molar-refractivity contribution in [2.45, 2.75) is 19.8 Å². The van der Waals surface area contributed by atoms with Crippen molar-refractivity contribution in [1.29, 1.82) is 5.26 Å². The molecular weight excluding hydrogens is 390 g/mol. The van der Waals surface area contributed by atoms with E-state index in [1.807, 2.05) is 26.0 Å². The molecule has 2 aromatic carbocycles. The predicted molar refractivity (Wildman–Crippen MR) is 113 cm³/mol. The molecule has 1 aromatic heterocycles. The van der Waals surface area contributed by atoms with Crippen LogP contribution < -0.4 is 11.0 Å². The summed E-state index contributed by atoms with van der Waals surface area (Å²) < 4.78 is 0. The monoisotopic (exact) mass is 407 g/mol. The Kier molecular flexibility index (Phi) is 5.96. The van der Waals surface area contributed by atoms with E-state index in [2.05, 4.69) is 20.5 Å². The predicted octanol–water partition coefficient (Wildman–Crippen LogP) is 4.24. The van der Waals surface area contributed by atoms with Crippen LogP contribution in [0, 0.1) is 11.3 Å². The number of aromatic nitrogens is 2. The second-order valence-electron chi connectivity index (χ2n) is 6.58. The molecule has 146 valence electrons. The van der Waals surface area contributed by atoms with E-state index >= 15 is 0 Å². The zero-order chi connectivity index (χ0) is 21.0. The van der Waals surface area contributed by atoms with Crippen LogP contribution in [0.25, 0.3) is 11.3 Å². The van der Waals surface area contributed by atoms with Crippen molar-refractivity contribution in [2.75, 3.05) is 5.43 Å². The number of H-pyrrole nitrogens is 1. The lowest BCUT2D eigenvalue weighted by Crippen LogP contribution is -2.16. The second kappa shape index (κ2) is 8.59. The number of hydrazone groups is 1. The van der Waals surface area contributed by atoms with Gasteiger partial charge in [0.05, 0.1) is 16.9 Å². The first-order valence-corrected chi connectivity index (χ1v) is 9.19. The first-order valence-electron chi connectivity index (χ1n) is 8.82. The lowest BCUT2D eigenvalue weighted by atomic mass is 10.0. The quantitative estimate of drug-likeness (QED) is 0.432. The molecule has 0 spiro atoms. The van der Waals surface area contributed by atoms with Gasteiger partial charge in [-0.15, -0.1) is 0 Å². The van der Waals surface area contributed by atoms with Crippen molar-refractivity contribution >= 4 is 23.8 Å². The molecule has 29 heavy (non-hydrogen) atoms. The number of halogens is 1. The standard InChI is InChI=1S/C21H18ClN5O2/c1-12(2)14-8-15(19(28)17(22)9-14)11-24-27-21-25-18(13-6-4-3-5-7-13)16(10-23)20(29)26-21/h3-9,11-12,28H,1-2H3,(H2,25,26,27,29). The van der Waals surface area contributed by atoms with Gasteiger partial charge in [0.1, 0.15) is 17.4 Å². The number of phenols is 1. The molecule has 3 rings (SSSR count). The fraction of sp³-hybridized carbons (Fsp3) is 0.143. The number of phenolic OH excluding ortho intramolecular Hbond substituents is 1. The number of nitrogens with zero attached hydrogens (tertiary/aromatic N) is 3. The summed E-state index contributed by atoms with van der Waals surface area (Å²) in [5, 5.41) is 23.7. The SMILES string of the molecule is CC(C)c1cc(Cl)c(O)c(C=NNc2nc(-c3ccccc3)c(C#N)c(=O)[nH]2)c1. The molecule has 3 N–H and O–H groups in total. The molecule has 0 aliphatic carbocycles. The first-order chi connectivity index (χ1) is 13.9. The summed E-state index contributed by atoms with van der Waals surface area (Å²) in [7, 11) is 0. The lowest BCUT2D eigenvalue weighted by molar-refractivity contribution is 0.474. The van der Waals surface area contributed by atoms with Gasteiger partial charge in [-0.2, -0.15) is 10.4 Å². The van der Waals surface area contributed by atoms with Crippen molar-refractivity contribution in [3.8, 4) is 23.1 Å². The summed E-state index contributed by atoms with van der Waals surface area (Å²) in [6, 6.07) is 14.3. The summed E-state index contributed by atoms with van der Waals surface area (Å²) in [5.41, 5.74) is 4.23. The molecule has 0 radical (unpaired) electrons. The smallest absolute Gasteiger partial charge is 0.270 e. The van der Waals surface area contributed by atoms with E-state index in [-0.39, 0.29) is 33.9 Å². The third kappa shape index (κ3) is 4.45. The Morgan fingerprint density at radius 3 is 2.69 bits per heavy atom. The number of nitrogens with one attached hydrogen (secondary N) is 2. The molecule has 3 aromatic rings. The average molecular weight is 408 g/mol. The topological polar surface area (TPSA) is 114 Å². The van der Waals surface area contributed by atoms with Crippen molar-refractivity contribution < 1.29 is 5.11 Å². The summed E-state index contributed by atoms with van der Waals surface area (Å²) in [5.74, 6) is 0.195. The van der Waals surface area contributed by atoms with Crippen LogP contribution in [0.1, 0.15) is 36.5 Å². The van der Waals surface area contributed by atoms with E-state index in [4.69, 9.17) is 11.6 Å². The molecule has 8 heteroatoms. The molecule has 0 atom stereocenters. The van der Waals surface area contributed by atoms with E-state index in [9.17, 15) is 15.2 Å². The Hall–Kier alpha value is -3.63. The van der Waals surface area contributed by atoms with E-state index in [1.165, 1.54) is 6.21 Å². The highest BCUT2D eigenvalue weighted by Crippen LogP contribution is 2.30. The van der Waals surface area contributed by atoms with Crippen LogP contribution in [-0.2, 0) is 0 Å². The maximum absolute atomic E-state index is 12.2. The van der Waals surface area contributed by atoms with Gasteiger partial charge in [-0.3, -0.25) is 9.78 Å². The number of aromatic amines is 1. The van der Waals surface area contributed by atoms with Crippen LogP contribution >= 0.6 is 11.6 Å². The van der Waals surface area contributed by atoms with Crippen molar-refractivity contribution in [2.24, 2.45) is 5.10 Å². The van der Waals surface area contributed by atoms with Crippen LogP contribution in [-0.4, -0.2) is 21.3 Å². The number of nitriles is 1. The highest BCUT2D eigenvalue weighted by molar-refractivity contribution is 6.32. The van der Waals surface area contributed by atoms with Crippen LogP contribution in [0.5, 0.6) is 5.75 Å². The lowest BCUT2D eigenvalue weighted by Gasteiger charge is -2.09. The van der Waals surface area contributed by atoms with Crippen LogP contribution in [0.2, 0.25) is 5.02 Å². The Bertz CT molecular complexity index is 1160. The molecule has 0 unspecified atom stereocenters. The fourth-order valence-electron chi connectivity index (χ4n) is 2.67. The molecule has 0 aliphatic heterocycles. The van der Waals surface area contributed by atoms with E-state index in [0.717, 1.165) is 5.56 Å². The van der Waals surface area contributed by atoms with Gasteiger partial charge in [-0.25, -0.2) is 10.4 Å². The van der Waals surface area contributed by atoms with Crippen molar-refractivity contribution in [3.63, 3.8) is 0 Å². The minimum absolute atomic E-state index is 0.0645. The minimum atomic E-state index is -0.577. The first kappa shape index (κ1) is 20.1. The third-order valence-electron chi connectivity index (χ3n) is 4.23. The van der Waals surface area contributed by atoms with Gasteiger partial charge >= 0.3 is 0 Å². The van der Waals surface area contributed by atoms with Crippen LogP contribution in [0.4, 0.5) is 5.95 Å². The molecule has 0 amide bonds. The Morgan fingerprint density at radius 2 is 2.03 bits per heavy atom. The molecule has 7 nitrogen and oxygen atoms in total. The Balaban J connectivity index is 1.94. The number of rotatable bonds is 5. The van der Waals surface area contributed by atoms with Crippen LogP contribution in [0.15, 0.2) is 52.4 Å². The molecule has 0 aliphatic rings. The highest BCUT2D eigenvalue weighted by atomic mass is 35.5. The summed E-state index contributed by atoms with van der Waals surface area (Å²) in [6.45, 7) is 4.02. The summed E-state index contributed by atoms with van der Waals surface area (Å²) in [4.78, 5) is 19.0. The van der Waals surface area contributed by atoms with Gasteiger partial charge in [0.25, 0.3) is 5.56 Å². The molecule has 0 bridgehead atoms. The van der Waals surface area contributed by atoms with Crippen LogP contribution in [0.3, 0.4) is 0 Å². The van der Waals surface area contributed by atoms with Gasteiger partial charge in [0, 0.05) is 11.1 Å². The third-order valence-corrected chi connectivity index (χ3v) is 4.52. The Labute approximate surface area is 172 Å². The minimum Gasteiger partial charge on any atom is -0.506 e. The molecule has 0 saturated heterocycles. The maximum atomic E-state index is 12.2. The number of hydrogen-bond acceptors (Lipinski definition) is 6. The van der Waals surface area contributed by atoms with Gasteiger partial charge in [0.2, 0.25) is 5.95 Å². The molecule has 0 saturated carbocycles. The normalized spacial score (nSPS) is 11.0. The number of hydrogen-bond donors (Lipinski definition) is 3. The van der Waals surface area contributed by atoms with Gasteiger partial charge in [0.15, 0.2) is 0 Å². The fourth-order valence-corrected chi connectivity index (χ4v) is 2.91. The Morgan fingerprint density at radius 1 is 1.31 bits per heavy atom. The van der Waals surface area contributed by atoms with E-state index < -0.39 is 5.56 Å². The molecule has 0 fully saturated rings. The highest BCUT2D eigenvalue weighted by Gasteiger charge is 2.13. The van der Waals surface area contributed by atoms with Gasteiger partial charge in [-0.05, 0) is 23.6 Å². The number of aromatic hydroxyl groups is 1.